The van der Waals surface area contributed by atoms with Crippen LogP contribution in [0.5, 0.6) is 0 Å². The van der Waals surface area contributed by atoms with Crippen molar-refractivity contribution in [1.82, 2.24) is 19.6 Å². The topological polar surface area (TPSA) is 82.5 Å². The van der Waals surface area contributed by atoms with Crippen LogP contribution in [-0.2, 0) is 16.6 Å². The van der Waals surface area contributed by atoms with Gasteiger partial charge in [0.25, 0.3) is 0 Å². The summed E-state index contributed by atoms with van der Waals surface area (Å²) in [6.07, 6.45) is 0. The molecule has 0 saturated carbocycles. The summed E-state index contributed by atoms with van der Waals surface area (Å²) in [5.41, 5.74) is 5.60. The van der Waals surface area contributed by atoms with Crippen LogP contribution in [0, 0.1) is 27.7 Å². The van der Waals surface area contributed by atoms with Gasteiger partial charge in [0.15, 0.2) is 0 Å². The Labute approximate surface area is 178 Å². The highest BCUT2D eigenvalue weighted by molar-refractivity contribution is 5.94. The molecule has 3 rings (SSSR count). The third kappa shape index (κ3) is 5.25. The van der Waals surface area contributed by atoms with Crippen LogP contribution in [0.25, 0.3) is 0 Å². The van der Waals surface area contributed by atoms with Crippen molar-refractivity contribution in [2.24, 2.45) is 7.05 Å². The third-order valence-corrected chi connectivity index (χ3v) is 5.72. The van der Waals surface area contributed by atoms with Crippen molar-refractivity contribution >= 4 is 23.2 Å². The van der Waals surface area contributed by atoms with Gasteiger partial charge in [-0.25, -0.2) is 0 Å². The molecule has 1 aliphatic rings. The standard InChI is InChI=1S/C22H32N6O2/c1-15-7-6-8-16(2)21(15)23-19(29)13-27-9-11-28(12-10-27)14-20(30)24-22-17(3)25-26(5)18(22)4/h6-8H,9-14H2,1-5H3,(H,23,29)(H,24,30). The van der Waals surface area contributed by atoms with Gasteiger partial charge >= 0.3 is 0 Å². The maximum atomic E-state index is 12.5. The molecule has 2 N–H and O–H groups in total. The second-order valence-corrected chi connectivity index (χ2v) is 8.08. The fourth-order valence-electron chi connectivity index (χ4n) is 3.84. The molecular formula is C22H32N6O2. The van der Waals surface area contributed by atoms with Gasteiger partial charge in [-0.2, -0.15) is 5.10 Å². The molecule has 30 heavy (non-hydrogen) atoms. The van der Waals surface area contributed by atoms with Crippen LogP contribution in [0.15, 0.2) is 18.2 Å². The number of aromatic nitrogens is 2. The zero-order valence-corrected chi connectivity index (χ0v) is 18.6. The fraction of sp³-hybridized carbons (Fsp3) is 0.500. The van der Waals surface area contributed by atoms with Crippen molar-refractivity contribution < 1.29 is 9.59 Å². The first-order valence-corrected chi connectivity index (χ1v) is 10.4. The zero-order valence-electron chi connectivity index (χ0n) is 18.6. The molecule has 0 spiro atoms. The summed E-state index contributed by atoms with van der Waals surface area (Å²) in [5.74, 6) is -0.0310. The lowest BCUT2D eigenvalue weighted by atomic mass is 10.1. The molecule has 0 atom stereocenters. The zero-order chi connectivity index (χ0) is 21.8. The second kappa shape index (κ2) is 9.40. The quantitative estimate of drug-likeness (QED) is 0.757. The van der Waals surface area contributed by atoms with E-state index in [4.69, 9.17) is 0 Å². The van der Waals surface area contributed by atoms with Gasteiger partial charge in [0, 0.05) is 38.9 Å². The lowest BCUT2D eigenvalue weighted by molar-refractivity contribution is -0.120. The third-order valence-electron chi connectivity index (χ3n) is 5.72. The van der Waals surface area contributed by atoms with Crippen molar-refractivity contribution in [3.63, 3.8) is 0 Å². The maximum Gasteiger partial charge on any atom is 0.238 e. The first-order chi connectivity index (χ1) is 14.2. The van der Waals surface area contributed by atoms with Crippen LogP contribution < -0.4 is 10.6 Å². The smallest absolute Gasteiger partial charge is 0.238 e. The Kier molecular flexibility index (Phi) is 6.89. The molecule has 1 saturated heterocycles. The van der Waals surface area contributed by atoms with Crippen molar-refractivity contribution in [2.45, 2.75) is 27.7 Å². The van der Waals surface area contributed by atoms with Crippen LogP contribution in [0.4, 0.5) is 11.4 Å². The minimum absolute atomic E-state index is 0.00104. The number of rotatable bonds is 6. The Morgan fingerprint density at radius 3 is 1.77 bits per heavy atom. The van der Waals surface area contributed by atoms with Gasteiger partial charge in [-0.3, -0.25) is 24.1 Å². The summed E-state index contributed by atoms with van der Waals surface area (Å²) < 4.78 is 1.77. The number of aryl methyl sites for hydroxylation is 4. The molecule has 2 aromatic rings. The number of nitrogens with one attached hydrogen (secondary N) is 2. The van der Waals surface area contributed by atoms with Crippen LogP contribution in [0.1, 0.15) is 22.5 Å². The van der Waals surface area contributed by atoms with Gasteiger partial charge in [0.1, 0.15) is 0 Å². The molecule has 162 valence electrons. The molecule has 1 fully saturated rings. The van der Waals surface area contributed by atoms with E-state index < -0.39 is 0 Å². The second-order valence-electron chi connectivity index (χ2n) is 8.08. The number of benzene rings is 1. The van der Waals surface area contributed by atoms with E-state index in [1.807, 2.05) is 52.9 Å². The molecule has 0 radical (unpaired) electrons. The van der Waals surface area contributed by atoms with E-state index >= 15 is 0 Å². The SMILES string of the molecule is Cc1cccc(C)c1NC(=O)CN1CCN(CC(=O)Nc2c(C)nn(C)c2C)CC1. The van der Waals surface area contributed by atoms with E-state index in [1.165, 1.54) is 0 Å². The van der Waals surface area contributed by atoms with E-state index in [-0.39, 0.29) is 11.8 Å². The van der Waals surface area contributed by atoms with Gasteiger partial charge in [0.05, 0.1) is 30.2 Å². The largest absolute Gasteiger partial charge is 0.324 e. The monoisotopic (exact) mass is 412 g/mol. The van der Waals surface area contributed by atoms with Crippen molar-refractivity contribution in [3.05, 3.63) is 40.7 Å². The average molecular weight is 413 g/mol. The van der Waals surface area contributed by atoms with Gasteiger partial charge in [-0.1, -0.05) is 18.2 Å². The summed E-state index contributed by atoms with van der Waals surface area (Å²) >= 11 is 0. The lowest BCUT2D eigenvalue weighted by Crippen LogP contribution is -2.50. The van der Waals surface area contributed by atoms with E-state index in [0.717, 1.165) is 60.1 Å². The molecule has 1 aliphatic heterocycles. The normalized spacial score (nSPS) is 15.2. The lowest BCUT2D eigenvalue weighted by Gasteiger charge is -2.33. The van der Waals surface area contributed by atoms with Gasteiger partial charge < -0.3 is 10.6 Å². The first-order valence-electron chi connectivity index (χ1n) is 10.4. The van der Waals surface area contributed by atoms with Gasteiger partial charge in [-0.15, -0.1) is 0 Å². The fourth-order valence-corrected chi connectivity index (χ4v) is 3.84. The molecule has 0 aliphatic carbocycles. The number of para-hydroxylation sites is 1. The summed E-state index contributed by atoms with van der Waals surface area (Å²) in [7, 11) is 1.87. The van der Waals surface area contributed by atoms with E-state index in [2.05, 4.69) is 25.5 Å². The number of hydrogen-bond donors (Lipinski definition) is 2. The van der Waals surface area contributed by atoms with Crippen LogP contribution in [0.2, 0.25) is 0 Å². The number of carbonyl (C=O) groups excluding carboxylic acids is 2. The highest BCUT2D eigenvalue weighted by Gasteiger charge is 2.22. The minimum Gasteiger partial charge on any atom is -0.324 e. The van der Waals surface area contributed by atoms with E-state index in [0.29, 0.717) is 13.1 Å². The Hall–Kier alpha value is -2.71. The Morgan fingerprint density at radius 1 is 0.867 bits per heavy atom. The van der Waals surface area contributed by atoms with Crippen molar-refractivity contribution in [2.75, 3.05) is 49.9 Å². The molecule has 1 aromatic heterocycles. The summed E-state index contributed by atoms with van der Waals surface area (Å²) in [4.78, 5) is 29.2. The van der Waals surface area contributed by atoms with Crippen LogP contribution in [-0.4, -0.2) is 70.7 Å². The molecule has 8 heteroatoms. The number of nitrogens with zero attached hydrogens (tertiary/aromatic N) is 4. The van der Waals surface area contributed by atoms with Crippen LogP contribution in [0.3, 0.4) is 0 Å². The summed E-state index contributed by atoms with van der Waals surface area (Å²) in [5, 5.41) is 10.4. The van der Waals surface area contributed by atoms with Crippen molar-refractivity contribution in [1.29, 1.82) is 0 Å². The predicted octanol–water partition coefficient (Wildman–Crippen LogP) is 1.85. The Bertz CT molecular complexity index is 908. The number of amides is 2. The molecule has 1 aromatic carbocycles. The Balaban J connectivity index is 1.44. The highest BCUT2D eigenvalue weighted by atomic mass is 16.2. The molecule has 2 amide bonds. The molecule has 0 bridgehead atoms. The van der Waals surface area contributed by atoms with Gasteiger partial charge in [0.2, 0.25) is 11.8 Å². The number of piperazine rings is 1. The summed E-state index contributed by atoms with van der Waals surface area (Å²) in [6, 6.07) is 5.99. The molecular weight excluding hydrogens is 380 g/mol. The molecule has 8 nitrogen and oxygen atoms in total. The molecule has 0 unspecified atom stereocenters. The average Bonchev–Trinajstić information content (AvgIpc) is 2.92. The van der Waals surface area contributed by atoms with E-state index in [9.17, 15) is 9.59 Å². The first kappa shape index (κ1) is 22.0. The maximum absolute atomic E-state index is 12.5. The minimum atomic E-state index is -0.0320. The number of anilines is 2. The summed E-state index contributed by atoms with van der Waals surface area (Å²) in [6.45, 7) is 11.6. The number of hydrogen-bond acceptors (Lipinski definition) is 5. The Morgan fingerprint density at radius 2 is 1.33 bits per heavy atom. The number of carbonyl (C=O) groups is 2. The molecule has 2 heterocycles. The predicted molar refractivity (Wildman–Crippen MR) is 119 cm³/mol. The van der Waals surface area contributed by atoms with Crippen molar-refractivity contribution in [3.8, 4) is 0 Å². The van der Waals surface area contributed by atoms with E-state index in [1.54, 1.807) is 4.68 Å². The van der Waals surface area contributed by atoms with Gasteiger partial charge in [-0.05, 0) is 38.8 Å². The highest BCUT2D eigenvalue weighted by Crippen LogP contribution is 2.20. The van der Waals surface area contributed by atoms with Crippen LogP contribution >= 0.6 is 0 Å².